The van der Waals surface area contributed by atoms with Gasteiger partial charge >= 0.3 is 16.4 Å². The van der Waals surface area contributed by atoms with Gasteiger partial charge in [-0.05, 0) is 86.8 Å². The van der Waals surface area contributed by atoms with Gasteiger partial charge in [-0.15, -0.1) is 0 Å². The quantitative estimate of drug-likeness (QED) is 0.0671. The molecule has 2 aromatic heterocycles. The maximum Gasteiger partial charge on any atom is 0.471 e. The van der Waals surface area contributed by atoms with Crippen LogP contribution in [-0.4, -0.2) is 41.4 Å². The van der Waals surface area contributed by atoms with Crippen molar-refractivity contribution in [3.8, 4) is 22.6 Å². The van der Waals surface area contributed by atoms with E-state index in [1.54, 1.807) is 76.2 Å². The topological polar surface area (TPSA) is 191 Å². The first-order valence-corrected chi connectivity index (χ1v) is 18.0. The van der Waals surface area contributed by atoms with Crippen LogP contribution < -0.4 is 15.6 Å². The Balaban J connectivity index is 1.77. The summed E-state index contributed by atoms with van der Waals surface area (Å²) in [5.41, 5.74) is 0.858. The van der Waals surface area contributed by atoms with E-state index in [0.717, 1.165) is 4.57 Å². The number of para-hydroxylation sites is 1. The molecule has 0 aliphatic rings. The number of fused-ring (bicyclic) bond motifs is 1. The Morgan fingerprint density at radius 2 is 1.67 bits per heavy atom. The molecule has 0 bridgehead atoms. The molecule has 0 unspecified atom stereocenters. The summed E-state index contributed by atoms with van der Waals surface area (Å²) in [5, 5.41) is 2.95. The zero-order chi connectivity index (χ0) is 37.2. The molecular weight excluding hydrogens is 707 g/mol. The highest BCUT2D eigenvalue weighted by Crippen LogP contribution is 2.43. The van der Waals surface area contributed by atoms with E-state index in [9.17, 15) is 38.1 Å². The van der Waals surface area contributed by atoms with Crippen LogP contribution in [0.2, 0.25) is 0 Å². The molecule has 0 spiro atoms. The van der Waals surface area contributed by atoms with Crippen LogP contribution in [0, 0.1) is 19.7 Å². The molecule has 2 heterocycles. The monoisotopic (exact) mass is 743 g/mol. The summed E-state index contributed by atoms with van der Waals surface area (Å²) in [5.74, 6) is -0.481. The number of anilines is 1. The van der Waals surface area contributed by atoms with Crippen molar-refractivity contribution in [3.05, 3.63) is 111 Å². The number of phosphoric ester groups is 1. The minimum absolute atomic E-state index is 0.102. The van der Waals surface area contributed by atoms with Gasteiger partial charge in [0.15, 0.2) is 6.79 Å². The van der Waals surface area contributed by atoms with Gasteiger partial charge in [-0.2, -0.15) is 0 Å². The van der Waals surface area contributed by atoms with Crippen LogP contribution in [0.25, 0.3) is 22.0 Å². The summed E-state index contributed by atoms with van der Waals surface area (Å²) in [4.78, 5) is 65.0. The number of nitrogens with one attached hydrogen (secondary N) is 1. The van der Waals surface area contributed by atoms with E-state index >= 15 is 0 Å². The number of pyridine rings is 1. The molecule has 5 aromatic rings. The highest BCUT2D eigenvalue weighted by atomic mass is 31.2. The molecule has 17 heteroatoms. The predicted molar refractivity (Wildman–Crippen MR) is 188 cm³/mol. The first-order valence-electron chi connectivity index (χ1n) is 15.3. The Labute approximate surface area is 292 Å². The van der Waals surface area contributed by atoms with Gasteiger partial charge in [0.25, 0.3) is 11.5 Å². The molecule has 270 valence electrons. The molecule has 14 nitrogen and oxygen atoms in total. The number of aromatic nitrogens is 2. The fourth-order valence-corrected chi connectivity index (χ4v) is 5.95. The Hall–Kier alpha value is -4.27. The lowest BCUT2D eigenvalue weighted by atomic mass is 9.92. The Morgan fingerprint density at radius 3 is 2.29 bits per heavy atom. The number of ether oxygens (including phenoxy) is 2. The smallest absolute Gasteiger partial charge is 0.456 e. The molecule has 0 fully saturated rings. The van der Waals surface area contributed by atoms with E-state index in [1.165, 1.54) is 36.0 Å². The minimum Gasteiger partial charge on any atom is -0.456 e. The van der Waals surface area contributed by atoms with Gasteiger partial charge in [0.1, 0.15) is 35.3 Å². The van der Waals surface area contributed by atoms with Crippen LogP contribution in [-0.2, 0) is 37.7 Å². The van der Waals surface area contributed by atoms with Crippen molar-refractivity contribution in [2.45, 2.75) is 40.0 Å². The molecule has 5 N–H and O–H groups in total. The normalized spacial score (nSPS) is 12.1. The number of aryl methyl sites for hydroxylation is 3. The number of rotatable bonds is 13. The predicted octanol–water partition coefficient (Wildman–Crippen LogP) is 6.31. The van der Waals surface area contributed by atoms with E-state index < -0.39 is 52.8 Å². The van der Waals surface area contributed by atoms with Gasteiger partial charge in [0.2, 0.25) is 0 Å². The van der Waals surface area contributed by atoms with Gasteiger partial charge < -0.3 is 43.5 Å². The Bertz CT molecular complexity index is 2170. The zero-order valence-electron chi connectivity index (χ0n) is 28.2. The van der Waals surface area contributed by atoms with Crippen molar-refractivity contribution in [3.63, 3.8) is 0 Å². The van der Waals surface area contributed by atoms with E-state index in [0.29, 0.717) is 39.3 Å². The number of carbonyl (C=O) groups is 1. The van der Waals surface area contributed by atoms with E-state index in [4.69, 9.17) is 18.5 Å². The third-order valence-corrected chi connectivity index (χ3v) is 8.83. The van der Waals surface area contributed by atoms with Crippen LogP contribution in [0.5, 0.6) is 11.5 Å². The van der Waals surface area contributed by atoms with Gasteiger partial charge in [0.05, 0.1) is 5.60 Å². The van der Waals surface area contributed by atoms with E-state index in [1.807, 2.05) is 0 Å². The second kappa shape index (κ2) is 15.1. The Kier molecular flexibility index (Phi) is 11.3. The number of carbonyl (C=O) groups excluding carboxylic acids is 1. The van der Waals surface area contributed by atoms with Crippen LogP contribution in [0.15, 0.2) is 77.7 Å². The SMILES string of the molecule is Cc1cc(F)cc(C)c1Oc1ccc(C(C)(C)OCOP(O)O)cc1-c1cn(C)c(=O)c2c1cc(C(=O)Nc1ccccc1)n2COP(=O)(O)O. The lowest BCUT2D eigenvalue weighted by molar-refractivity contribution is -0.0932. The second-order valence-corrected chi connectivity index (χ2v) is 14.1. The van der Waals surface area contributed by atoms with Crippen LogP contribution >= 0.6 is 16.4 Å². The average molecular weight is 744 g/mol. The third-order valence-electron chi connectivity index (χ3n) is 8.04. The van der Waals surface area contributed by atoms with Crippen molar-refractivity contribution in [2.75, 3.05) is 12.1 Å². The summed E-state index contributed by atoms with van der Waals surface area (Å²) in [6.45, 7) is 5.53. The van der Waals surface area contributed by atoms with Crippen LogP contribution in [0.1, 0.15) is 41.0 Å². The van der Waals surface area contributed by atoms with E-state index in [-0.39, 0.29) is 22.3 Å². The largest absolute Gasteiger partial charge is 0.471 e. The molecule has 3 aromatic carbocycles. The molecule has 51 heavy (non-hydrogen) atoms. The highest BCUT2D eigenvalue weighted by Gasteiger charge is 2.28. The summed E-state index contributed by atoms with van der Waals surface area (Å²) in [6.07, 6.45) is 1.52. The number of nitrogens with zero attached hydrogens (tertiary/aromatic N) is 2. The summed E-state index contributed by atoms with van der Waals surface area (Å²) >= 11 is 0. The van der Waals surface area contributed by atoms with Gasteiger partial charge in [-0.25, -0.2) is 8.96 Å². The summed E-state index contributed by atoms with van der Waals surface area (Å²) < 4.78 is 50.2. The van der Waals surface area contributed by atoms with Gasteiger partial charge in [0, 0.05) is 35.4 Å². The number of phosphoric acid groups is 1. The number of hydrogen-bond donors (Lipinski definition) is 5. The first-order chi connectivity index (χ1) is 23.9. The summed E-state index contributed by atoms with van der Waals surface area (Å²) in [7, 11) is -6.25. The maximum atomic E-state index is 14.2. The standard InChI is InChI=1S/C34H36FN3O11P2/c1-20-13-23(35)14-21(2)31(20)49-29-12-11-22(34(3,4)46-19-47-50(41)42)15-25(29)27-17-37(5)33(40)30-26(27)16-28(38(30)18-48-51(43,44)45)32(39)36-24-9-7-6-8-10-24/h6-17,41-42H,18-19H2,1-5H3,(H,36,39)(H2,43,44,45). The van der Waals surface area contributed by atoms with Gasteiger partial charge in [-0.3, -0.25) is 18.6 Å². The van der Waals surface area contributed by atoms with Crippen molar-refractivity contribution in [1.82, 2.24) is 9.13 Å². The molecule has 5 rings (SSSR count). The number of amides is 1. The molecule has 0 saturated heterocycles. The van der Waals surface area contributed by atoms with Crippen molar-refractivity contribution in [2.24, 2.45) is 7.05 Å². The highest BCUT2D eigenvalue weighted by molar-refractivity contribution is 7.46. The molecule has 1 amide bonds. The molecule has 0 aliphatic heterocycles. The van der Waals surface area contributed by atoms with Crippen molar-refractivity contribution < 1.29 is 51.8 Å². The molecule has 0 atom stereocenters. The average Bonchev–Trinajstić information content (AvgIpc) is 3.43. The molecule has 0 saturated carbocycles. The lowest BCUT2D eigenvalue weighted by Gasteiger charge is -2.27. The van der Waals surface area contributed by atoms with E-state index in [2.05, 4.69) is 5.32 Å². The zero-order valence-corrected chi connectivity index (χ0v) is 29.9. The Morgan fingerprint density at radius 1 is 1.00 bits per heavy atom. The molecule has 0 radical (unpaired) electrons. The maximum absolute atomic E-state index is 14.2. The number of halogens is 1. The van der Waals surface area contributed by atoms with Crippen LogP contribution in [0.3, 0.4) is 0 Å². The number of hydrogen-bond acceptors (Lipinski definition) is 9. The fourth-order valence-electron chi connectivity index (χ4n) is 5.54. The first kappa shape index (κ1) is 38.0. The van der Waals surface area contributed by atoms with Crippen LogP contribution in [0.4, 0.5) is 10.1 Å². The third kappa shape index (κ3) is 8.79. The van der Waals surface area contributed by atoms with Gasteiger partial charge in [-0.1, -0.05) is 24.3 Å². The lowest BCUT2D eigenvalue weighted by Crippen LogP contribution is -2.23. The summed E-state index contributed by atoms with van der Waals surface area (Å²) in [6, 6.07) is 17.6. The second-order valence-electron chi connectivity index (χ2n) is 12.1. The van der Waals surface area contributed by atoms with Crippen molar-refractivity contribution in [1.29, 1.82) is 0 Å². The molecule has 0 aliphatic carbocycles. The fraction of sp³-hybridized carbons (Fsp3) is 0.235. The van der Waals surface area contributed by atoms with Crippen molar-refractivity contribution >= 4 is 38.9 Å². The minimum atomic E-state index is -5.06. The molecular formula is C34H36FN3O11P2. The number of benzene rings is 3.